The second-order valence-electron chi connectivity index (χ2n) is 3.36. The predicted molar refractivity (Wildman–Crippen MR) is 48.8 cm³/mol. The number of halogens is 1. The lowest BCUT2D eigenvalue weighted by Crippen LogP contribution is -2.56. The summed E-state index contributed by atoms with van der Waals surface area (Å²) in [7, 11) is 0. The Morgan fingerprint density at radius 3 is 3.08 bits per heavy atom. The lowest BCUT2D eigenvalue weighted by Gasteiger charge is -2.38. The van der Waals surface area contributed by atoms with Crippen LogP contribution in [0.5, 0.6) is 0 Å². The molecule has 3 nitrogen and oxygen atoms in total. The van der Waals surface area contributed by atoms with Crippen LogP contribution in [0.25, 0.3) is 0 Å². The number of nitrogens with one attached hydrogen (secondary N) is 1. The quantitative estimate of drug-likeness (QED) is 0.611. The number of ether oxygens (including phenoxy) is 2. The largest absolute Gasteiger partial charge is 0.380 e. The molecule has 3 unspecified atom stereocenters. The minimum atomic E-state index is 0. The van der Waals surface area contributed by atoms with Crippen LogP contribution in [0, 0.1) is 0 Å². The van der Waals surface area contributed by atoms with Gasteiger partial charge in [0, 0.05) is 13.2 Å². The monoisotopic (exact) mass is 193 g/mol. The number of rotatable bonds is 0. The molecule has 0 aromatic carbocycles. The van der Waals surface area contributed by atoms with E-state index in [1.807, 2.05) is 0 Å². The molecule has 0 aliphatic carbocycles. The Kier molecular flexibility index (Phi) is 3.77. The summed E-state index contributed by atoms with van der Waals surface area (Å²) < 4.78 is 11.1. The molecule has 1 N–H and O–H groups in total. The number of hydrogen-bond donors (Lipinski definition) is 1. The summed E-state index contributed by atoms with van der Waals surface area (Å²) in [4.78, 5) is 0. The summed E-state index contributed by atoms with van der Waals surface area (Å²) in [5.41, 5.74) is 0. The SMILES string of the molecule is CC1CNC2COCCC2O1.Cl. The molecule has 0 aromatic rings. The highest BCUT2D eigenvalue weighted by Crippen LogP contribution is 2.17. The van der Waals surface area contributed by atoms with Gasteiger partial charge in [-0.1, -0.05) is 0 Å². The molecule has 0 radical (unpaired) electrons. The molecule has 3 atom stereocenters. The Morgan fingerprint density at radius 1 is 1.42 bits per heavy atom. The minimum absolute atomic E-state index is 0. The van der Waals surface area contributed by atoms with Crippen LogP contribution in [0.3, 0.4) is 0 Å². The van der Waals surface area contributed by atoms with Gasteiger partial charge in [-0.05, 0) is 13.3 Å². The van der Waals surface area contributed by atoms with Crippen LogP contribution in [-0.2, 0) is 9.47 Å². The van der Waals surface area contributed by atoms with Gasteiger partial charge in [-0.2, -0.15) is 0 Å². The topological polar surface area (TPSA) is 30.5 Å². The molecule has 2 saturated heterocycles. The first kappa shape index (κ1) is 10.3. The van der Waals surface area contributed by atoms with Crippen LogP contribution >= 0.6 is 12.4 Å². The maximum absolute atomic E-state index is 5.75. The first-order valence-electron chi connectivity index (χ1n) is 4.33. The van der Waals surface area contributed by atoms with E-state index in [9.17, 15) is 0 Å². The molecule has 2 fully saturated rings. The van der Waals surface area contributed by atoms with Crippen LogP contribution in [-0.4, -0.2) is 38.0 Å². The van der Waals surface area contributed by atoms with Gasteiger partial charge in [-0.25, -0.2) is 0 Å². The molecule has 4 heteroatoms. The zero-order chi connectivity index (χ0) is 7.68. The van der Waals surface area contributed by atoms with Crippen LogP contribution < -0.4 is 5.32 Å². The molecular formula is C8H16ClNO2. The van der Waals surface area contributed by atoms with Gasteiger partial charge in [-0.3, -0.25) is 0 Å². The Balaban J connectivity index is 0.000000720. The first-order chi connectivity index (χ1) is 5.36. The molecule has 0 aromatic heterocycles. The average molecular weight is 194 g/mol. The zero-order valence-corrected chi connectivity index (χ0v) is 8.10. The van der Waals surface area contributed by atoms with Gasteiger partial charge in [0.25, 0.3) is 0 Å². The summed E-state index contributed by atoms with van der Waals surface area (Å²) in [6, 6.07) is 0.444. The molecule has 0 bridgehead atoms. The fourth-order valence-corrected chi connectivity index (χ4v) is 1.74. The van der Waals surface area contributed by atoms with E-state index >= 15 is 0 Å². The molecule has 2 aliphatic rings. The zero-order valence-electron chi connectivity index (χ0n) is 7.29. The van der Waals surface area contributed by atoms with E-state index in [0.717, 1.165) is 26.2 Å². The van der Waals surface area contributed by atoms with E-state index in [4.69, 9.17) is 9.47 Å². The molecule has 72 valence electrons. The molecule has 0 saturated carbocycles. The number of hydrogen-bond acceptors (Lipinski definition) is 3. The van der Waals surface area contributed by atoms with Gasteiger partial charge < -0.3 is 14.8 Å². The van der Waals surface area contributed by atoms with Crippen molar-refractivity contribution in [1.82, 2.24) is 5.32 Å². The summed E-state index contributed by atoms with van der Waals surface area (Å²) >= 11 is 0. The van der Waals surface area contributed by atoms with Crippen LogP contribution in [0.2, 0.25) is 0 Å². The predicted octanol–water partition coefficient (Wildman–Crippen LogP) is 0.574. The Bertz CT molecular complexity index is 145. The van der Waals surface area contributed by atoms with Crippen molar-refractivity contribution in [2.45, 2.75) is 31.6 Å². The van der Waals surface area contributed by atoms with Gasteiger partial charge in [0.2, 0.25) is 0 Å². The molecule has 12 heavy (non-hydrogen) atoms. The Morgan fingerprint density at radius 2 is 2.25 bits per heavy atom. The van der Waals surface area contributed by atoms with E-state index in [0.29, 0.717) is 18.2 Å². The number of morpholine rings is 1. The average Bonchev–Trinajstić information content (AvgIpc) is 2.04. The highest BCUT2D eigenvalue weighted by Gasteiger charge is 2.31. The van der Waals surface area contributed by atoms with Crippen molar-refractivity contribution in [3.8, 4) is 0 Å². The third-order valence-corrected chi connectivity index (χ3v) is 2.37. The summed E-state index contributed by atoms with van der Waals surface area (Å²) in [6.45, 7) is 4.75. The smallest absolute Gasteiger partial charge is 0.0776 e. The van der Waals surface area contributed by atoms with E-state index in [1.165, 1.54) is 0 Å². The van der Waals surface area contributed by atoms with Gasteiger partial charge in [0.15, 0.2) is 0 Å². The third kappa shape index (κ3) is 2.10. The molecule has 2 heterocycles. The van der Waals surface area contributed by atoms with Gasteiger partial charge >= 0.3 is 0 Å². The van der Waals surface area contributed by atoms with E-state index in [2.05, 4.69) is 12.2 Å². The summed E-state index contributed by atoms with van der Waals surface area (Å²) in [6.07, 6.45) is 1.81. The van der Waals surface area contributed by atoms with Crippen molar-refractivity contribution >= 4 is 12.4 Å². The molecule has 0 amide bonds. The van der Waals surface area contributed by atoms with Gasteiger partial charge in [0.05, 0.1) is 24.9 Å². The van der Waals surface area contributed by atoms with Crippen LogP contribution in [0.1, 0.15) is 13.3 Å². The maximum atomic E-state index is 5.75. The fourth-order valence-electron chi connectivity index (χ4n) is 1.74. The summed E-state index contributed by atoms with van der Waals surface area (Å²) in [5.74, 6) is 0. The van der Waals surface area contributed by atoms with Crippen LogP contribution in [0.4, 0.5) is 0 Å². The van der Waals surface area contributed by atoms with E-state index in [-0.39, 0.29) is 12.4 Å². The first-order valence-corrected chi connectivity index (χ1v) is 4.33. The highest BCUT2D eigenvalue weighted by molar-refractivity contribution is 5.85. The lowest BCUT2D eigenvalue weighted by molar-refractivity contribution is -0.109. The third-order valence-electron chi connectivity index (χ3n) is 2.37. The Labute approximate surface area is 79.2 Å². The normalized spacial score (nSPS) is 41.2. The Hall–Kier alpha value is 0.170. The van der Waals surface area contributed by atoms with Crippen molar-refractivity contribution in [2.24, 2.45) is 0 Å². The van der Waals surface area contributed by atoms with Crippen molar-refractivity contribution in [2.75, 3.05) is 19.8 Å². The minimum Gasteiger partial charge on any atom is -0.380 e. The highest BCUT2D eigenvalue weighted by atomic mass is 35.5. The van der Waals surface area contributed by atoms with E-state index in [1.54, 1.807) is 0 Å². The fraction of sp³-hybridized carbons (Fsp3) is 1.00. The van der Waals surface area contributed by atoms with Gasteiger partial charge in [-0.15, -0.1) is 12.4 Å². The van der Waals surface area contributed by atoms with Crippen LogP contribution in [0.15, 0.2) is 0 Å². The molecule has 0 spiro atoms. The number of fused-ring (bicyclic) bond motifs is 1. The molecule has 2 rings (SSSR count). The van der Waals surface area contributed by atoms with Gasteiger partial charge in [0.1, 0.15) is 0 Å². The maximum Gasteiger partial charge on any atom is 0.0776 e. The van der Waals surface area contributed by atoms with E-state index < -0.39 is 0 Å². The summed E-state index contributed by atoms with van der Waals surface area (Å²) in [5, 5.41) is 3.42. The van der Waals surface area contributed by atoms with Crippen molar-refractivity contribution in [1.29, 1.82) is 0 Å². The molecular weight excluding hydrogens is 178 g/mol. The molecule has 2 aliphatic heterocycles. The standard InChI is InChI=1S/C8H15NO2.ClH/c1-6-4-9-7-5-10-3-2-8(7)11-6;/h6-9H,2-5H2,1H3;1H. The van der Waals surface area contributed by atoms with Crippen molar-refractivity contribution in [3.05, 3.63) is 0 Å². The van der Waals surface area contributed by atoms with Crippen molar-refractivity contribution in [3.63, 3.8) is 0 Å². The van der Waals surface area contributed by atoms with Crippen molar-refractivity contribution < 1.29 is 9.47 Å². The lowest BCUT2D eigenvalue weighted by atomic mass is 10.0. The second kappa shape index (κ2) is 4.42. The second-order valence-corrected chi connectivity index (χ2v) is 3.36.